The number of fused-ring (bicyclic) bond motifs is 1. The first-order chi connectivity index (χ1) is 11.6. The Labute approximate surface area is 142 Å². The molecule has 0 fully saturated rings. The number of halogens is 1. The molecular weight excluding hydrogens is 303 g/mol. The molecule has 2 aromatic rings. The molecule has 24 heavy (non-hydrogen) atoms. The van der Waals surface area contributed by atoms with Crippen molar-refractivity contribution >= 4 is 17.3 Å². The number of nitrogens with one attached hydrogen (secondary N) is 1. The van der Waals surface area contributed by atoms with E-state index >= 15 is 0 Å². The van der Waals surface area contributed by atoms with E-state index in [0.29, 0.717) is 6.42 Å². The standard InChI is InChI=1S/C20H23FN2O/c1-14-5-8-18(9-6-14)23-19-10-7-17(21)13-16(19)12-15(20(23)24)4-3-11-22-2/h5-10,13,15,22H,3-4,11-12H2,1-2H3. The first kappa shape index (κ1) is 16.7. The van der Waals surface area contributed by atoms with Crippen LogP contribution in [0.5, 0.6) is 0 Å². The zero-order valence-corrected chi connectivity index (χ0v) is 14.2. The average molecular weight is 326 g/mol. The predicted molar refractivity (Wildman–Crippen MR) is 95.1 cm³/mol. The summed E-state index contributed by atoms with van der Waals surface area (Å²) >= 11 is 0. The quantitative estimate of drug-likeness (QED) is 0.843. The van der Waals surface area contributed by atoms with Crippen molar-refractivity contribution in [2.24, 2.45) is 5.92 Å². The van der Waals surface area contributed by atoms with Crippen molar-refractivity contribution in [1.29, 1.82) is 0 Å². The lowest BCUT2D eigenvalue weighted by atomic mass is 9.88. The topological polar surface area (TPSA) is 32.3 Å². The van der Waals surface area contributed by atoms with Crippen molar-refractivity contribution in [3.8, 4) is 0 Å². The molecule has 4 heteroatoms. The molecule has 2 aromatic carbocycles. The van der Waals surface area contributed by atoms with E-state index in [9.17, 15) is 9.18 Å². The van der Waals surface area contributed by atoms with Gasteiger partial charge in [0, 0.05) is 11.6 Å². The Bertz CT molecular complexity index is 727. The number of anilines is 2. The first-order valence-electron chi connectivity index (χ1n) is 8.44. The highest BCUT2D eigenvalue weighted by Gasteiger charge is 2.33. The third-order valence-corrected chi connectivity index (χ3v) is 4.59. The summed E-state index contributed by atoms with van der Waals surface area (Å²) < 4.78 is 13.7. The number of amides is 1. The van der Waals surface area contributed by atoms with E-state index in [4.69, 9.17) is 0 Å². The molecule has 1 aliphatic heterocycles. The van der Waals surface area contributed by atoms with E-state index in [1.807, 2.05) is 38.2 Å². The molecular formula is C20H23FN2O. The summed E-state index contributed by atoms with van der Waals surface area (Å²) in [5.41, 5.74) is 3.70. The Morgan fingerprint density at radius 1 is 1.21 bits per heavy atom. The molecule has 0 radical (unpaired) electrons. The number of carbonyl (C=O) groups excluding carboxylic acids is 1. The van der Waals surface area contributed by atoms with Gasteiger partial charge in [-0.2, -0.15) is 0 Å². The Balaban J connectivity index is 1.98. The Morgan fingerprint density at radius 2 is 1.96 bits per heavy atom. The number of hydrogen-bond acceptors (Lipinski definition) is 2. The van der Waals surface area contributed by atoms with Crippen LogP contribution in [0.15, 0.2) is 42.5 Å². The van der Waals surface area contributed by atoms with Crippen LogP contribution in [0.25, 0.3) is 0 Å². The average Bonchev–Trinajstić information content (AvgIpc) is 2.57. The van der Waals surface area contributed by atoms with Crippen LogP contribution in [0, 0.1) is 18.7 Å². The lowest BCUT2D eigenvalue weighted by molar-refractivity contribution is -0.122. The van der Waals surface area contributed by atoms with E-state index in [-0.39, 0.29) is 17.6 Å². The van der Waals surface area contributed by atoms with Crippen molar-refractivity contribution in [2.45, 2.75) is 26.2 Å². The molecule has 1 amide bonds. The highest BCUT2D eigenvalue weighted by Crippen LogP contribution is 2.38. The van der Waals surface area contributed by atoms with E-state index in [1.165, 1.54) is 6.07 Å². The molecule has 3 nitrogen and oxygen atoms in total. The van der Waals surface area contributed by atoms with Crippen LogP contribution in [0.2, 0.25) is 0 Å². The molecule has 1 unspecified atom stereocenters. The SMILES string of the molecule is CNCCCC1Cc2cc(F)ccc2N(c2ccc(C)cc2)C1=O. The van der Waals surface area contributed by atoms with Gasteiger partial charge in [-0.15, -0.1) is 0 Å². The van der Waals surface area contributed by atoms with Crippen LogP contribution in [0.4, 0.5) is 15.8 Å². The van der Waals surface area contributed by atoms with Crippen molar-refractivity contribution in [1.82, 2.24) is 5.32 Å². The lowest BCUT2D eigenvalue weighted by Gasteiger charge is -2.34. The maximum Gasteiger partial charge on any atom is 0.234 e. The largest absolute Gasteiger partial charge is 0.320 e. The van der Waals surface area contributed by atoms with Gasteiger partial charge in [0.15, 0.2) is 0 Å². The second-order valence-corrected chi connectivity index (χ2v) is 6.43. The molecule has 3 rings (SSSR count). The highest BCUT2D eigenvalue weighted by atomic mass is 19.1. The van der Waals surface area contributed by atoms with Crippen LogP contribution in [-0.4, -0.2) is 19.5 Å². The van der Waals surface area contributed by atoms with Crippen molar-refractivity contribution < 1.29 is 9.18 Å². The molecule has 0 aromatic heterocycles. The Kier molecular flexibility index (Phi) is 4.95. The molecule has 0 bridgehead atoms. The molecule has 0 aliphatic carbocycles. The molecule has 1 aliphatic rings. The van der Waals surface area contributed by atoms with E-state index in [0.717, 1.165) is 41.9 Å². The van der Waals surface area contributed by atoms with Gasteiger partial charge >= 0.3 is 0 Å². The normalized spacial score (nSPS) is 17.0. The second-order valence-electron chi connectivity index (χ2n) is 6.43. The molecule has 1 heterocycles. The summed E-state index contributed by atoms with van der Waals surface area (Å²) in [7, 11) is 1.91. The summed E-state index contributed by atoms with van der Waals surface area (Å²) in [6.07, 6.45) is 2.34. The zero-order valence-electron chi connectivity index (χ0n) is 14.2. The van der Waals surface area contributed by atoms with Gasteiger partial charge in [-0.25, -0.2) is 4.39 Å². The fourth-order valence-electron chi connectivity index (χ4n) is 3.30. The van der Waals surface area contributed by atoms with Crippen LogP contribution in [-0.2, 0) is 11.2 Å². The zero-order chi connectivity index (χ0) is 17.1. The van der Waals surface area contributed by atoms with Gasteiger partial charge in [-0.1, -0.05) is 17.7 Å². The summed E-state index contributed by atoms with van der Waals surface area (Å²) in [5.74, 6) is -0.246. The third-order valence-electron chi connectivity index (χ3n) is 4.59. The number of aryl methyl sites for hydroxylation is 1. The van der Waals surface area contributed by atoms with Crippen molar-refractivity contribution in [3.05, 3.63) is 59.4 Å². The number of rotatable bonds is 5. The van der Waals surface area contributed by atoms with Gasteiger partial charge in [0.25, 0.3) is 0 Å². The minimum atomic E-state index is -0.249. The molecule has 1 N–H and O–H groups in total. The molecule has 126 valence electrons. The smallest absolute Gasteiger partial charge is 0.234 e. The third kappa shape index (κ3) is 3.34. The van der Waals surface area contributed by atoms with Gasteiger partial charge in [0.05, 0.1) is 5.69 Å². The van der Waals surface area contributed by atoms with Gasteiger partial charge in [0.2, 0.25) is 5.91 Å². The van der Waals surface area contributed by atoms with Crippen LogP contribution >= 0.6 is 0 Å². The predicted octanol–water partition coefficient (Wildman–Crippen LogP) is 3.97. The molecule has 0 saturated carbocycles. The summed E-state index contributed by atoms with van der Waals surface area (Å²) in [6, 6.07) is 12.6. The molecule has 1 atom stereocenters. The summed E-state index contributed by atoms with van der Waals surface area (Å²) in [5, 5.41) is 3.11. The summed E-state index contributed by atoms with van der Waals surface area (Å²) in [4.78, 5) is 14.8. The number of carbonyl (C=O) groups is 1. The Hall–Kier alpha value is -2.20. The van der Waals surface area contributed by atoms with E-state index < -0.39 is 0 Å². The fourth-order valence-corrected chi connectivity index (χ4v) is 3.30. The number of hydrogen-bond donors (Lipinski definition) is 1. The summed E-state index contributed by atoms with van der Waals surface area (Å²) in [6.45, 7) is 2.90. The van der Waals surface area contributed by atoms with Gasteiger partial charge in [-0.05, 0) is 75.7 Å². The monoisotopic (exact) mass is 326 g/mol. The number of nitrogens with zero attached hydrogens (tertiary/aromatic N) is 1. The van der Waals surface area contributed by atoms with Crippen molar-refractivity contribution in [2.75, 3.05) is 18.5 Å². The van der Waals surface area contributed by atoms with Crippen LogP contribution in [0.3, 0.4) is 0 Å². The second kappa shape index (κ2) is 7.14. The minimum Gasteiger partial charge on any atom is -0.320 e. The Morgan fingerprint density at radius 3 is 2.67 bits per heavy atom. The van der Waals surface area contributed by atoms with E-state index in [2.05, 4.69) is 5.32 Å². The maximum atomic E-state index is 13.7. The number of benzene rings is 2. The minimum absolute atomic E-state index is 0.103. The lowest BCUT2D eigenvalue weighted by Crippen LogP contribution is -2.38. The molecule has 0 spiro atoms. The molecule has 0 saturated heterocycles. The van der Waals surface area contributed by atoms with Gasteiger partial charge < -0.3 is 5.32 Å². The van der Waals surface area contributed by atoms with Crippen LogP contribution < -0.4 is 10.2 Å². The maximum absolute atomic E-state index is 13.7. The van der Waals surface area contributed by atoms with Crippen LogP contribution in [0.1, 0.15) is 24.0 Å². The first-order valence-corrected chi connectivity index (χ1v) is 8.44. The fraction of sp³-hybridized carbons (Fsp3) is 0.350. The van der Waals surface area contributed by atoms with Gasteiger partial charge in [-0.3, -0.25) is 9.69 Å². The van der Waals surface area contributed by atoms with Crippen molar-refractivity contribution in [3.63, 3.8) is 0 Å². The van der Waals surface area contributed by atoms with Gasteiger partial charge in [0.1, 0.15) is 5.82 Å². The highest BCUT2D eigenvalue weighted by molar-refractivity contribution is 6.04. The van der Waals surface area contributed by atoms with E-state index in [1.54, 1.807) is 17.0 Å².